The molecule has 0 N–H and O–H groups in total. The first-order chi connectivity index (χ1) is 8.90. The minimum Gasteiger partial charge on any atom is -0.481 e. The smallest absolute Gasteiger partial charge is 0.280 e. The summed E-state index contributed by atoms with van der Waals surface area (Å²) < 4.78 is 5.20. The average Bonchev–Trinajstić information content (AvgIpc) is 2.37. The monoisotopic (exact) mass is 263 g/mol. The topological polar surface area (TPSA) is 54.8 Å². The summed E-state index contributed by atoms with van der Waals surface area (Å²) in [7, 11) is 5.28. The summed E-state index contributed by atoms with van der Waals surface area (Å²) in [5.74, 6) is 0.969. The number of hydrogen-bond donors (Lipinski definition) is 0. The van der Waals surface area contributed by atoms with Crippen LogP contribution in [0.25, 0.3) is 0 Å². The van der Waals surface area contributed by atoms with Gasteiger partial charge < -0.3 is 9.64 Å². The van der Waals surface area contributed by atoms with Crippen LogP contribution in [0, 0.1) is 6.92 Å². The molecule has 1 heterocycles. The molecule has 0 bridgehead atoms. The van der Waals surface area contributed by atoms with E-state index in [4.69, 9.17) is 4.74 Å². The van der Waals surface area contributed by atoms with Gasteiger partial charge in [-0.05, 0) is 26.3 Å². The van der Waals surface area contributed by atoms with Crippen molar-refractivity contribution >= 4 is 11.7 Å². The summed E-state index contributed by atoms with van der Waals surface area (Å²) in [5, 5.41) is 0. The number of methoxy groups -OCH3 is 1. The molecule has 19 heavy (non-hydrogen) atoms. The summed E-state index contributed by atoms with van der Waals surface area (Å²) in [6.45, 7) is 5.58. The van der Waals surface area contributed by atoms with Crippen LogP contribution in [0.2, 0.25) is 0 Å². The second kappa shape index (κ2) is 6.31. The summed E-state index contributed by atoms with van der Waals surface area (Å²) in [6, 6.07) is 1.82. The maximum Gasteiger partial charge on any atom is 0.280 e. The Kier molecular flexibility index (Phi) is 5.03. The van der Waals surface area contributed by atoms with Crippen LogP contribution >= 0.6 is 0 Å². The van der Waals surface area contributed by atoms with Gasteiger partial charge in [-0.15, -0.1) is 0 Å². The zero-order valence-corrected chi connectivity index (χ0v) is 12.4. The van der Waals surface area contributed by atoms with E-state index in [1.807, 2.05) is 27.1 Å². The van der Waals surface area contributed by atoms with E-state index in [-0.39, 0.29) is 5.91 Å². The minimum atomic E-state index is -0.270. The summed E-state index contributed by atoms with van der Waals surface area (Å²) in [5.41, 5.74) is 2.07. The van der Waals surface area contributed by atoms with Gasteiger partial charge in [-0.2, -0.15) is 4.99 Å². The number of carbonyl (C=O) groups is 1. The molecule has 0 unspecified atom stereocenters. The molecule has 0 saturated carbocycles. The molecular formula is C14H21N3O2. The number of rotatable bonds is 3. The highest BCUT2D eigenvalue weighted by Gasteiger charge is 2.14. The van der Waals surface area contributed by atoms with E-state index in [1.165, 1.54) is 0 Å². The van der Waals surface area contributed by atoms with Crippen molar-refractivity contribution in [2.45, 2.75) is 27.2 Å². The molecule has 0 aliphatic rings. The van der Waals surface area contributed by atoms with Gasteiger partial charge in [0.05, 0.1) is 18.4 Å². The lowest BCUT2D eigenvalue weighted by Crippen LogP contribution is -2.20. The van der Waals surface area contributed by atoms with Crippen molar-refractivity contribution in [2.24, 2.45) is 4.99 Å². The molecule has 5 heteroatoms. The fraction of sp³-hybridized carbons (Fsp3) is 0.500. The van der Waals surface area contributed by atoms with Crippen molar-refractivity contribution < 1.29 is 9.53 Å². The van der Waals surface area contributed by atoms with Gasteiger partial charge in [0.15, 0.2) is 0 Å². The fourth-order valence-corrected chi connectivity index (χ4v) is 1.58. The molecule has 0 aliphatic carbocycles. The van der Waals surface area contributed by atoms with Crippen LogP contribution in [0.5, 0.6) is 5.88 Å². The number of aliphatic imine (C=N–C) groups is 1. The van der Waals surface area contributed by atoms with Gasteiger partial charge in [0, 0.05) is 19.7 Å². The zero-order chi connectivity index (χ0) is 14.6. The number of aromatic nitrogens is 1. The van der Waals surface area contributed by atoms with E-state index in [0.29, 0.717) is 23.0 Å². The normalized spacial score (nSPS) is 11.4. The number of carbonyl (C=O) groups excluding carboxylic acids is 1. The Morgan fingerprint density at radius 1 is 1.47 bits per heavy atom. The number of pyridine rings is 1. The highest BCUT2D eigenvalue weighted by molar-refractivity contribution is 6.03. The lowest BCUT2D eigenvalue weighted by atomic mass is 10.1. The Morgan fingerprint density at radius 2 is 2.11 bits per heavy atom. The largest absolute Gasteiger partial charge is 0.481 e. The minimum absolute atomic E-state index is 0.270. The molecule has 0 saturated heterocycles. The van der Waals surface area contributed by atoms with Gasteiger partial charge >= 0.3 is 0 Å². The van der Waals surface area contributed by atoms with Crippen molar-refractivity contribution in [3.05, 3.63) is 22.9 Å². The van der Waals surface area contributed by atoms with E-state index < -0.39 is 0 Å². The predicted octanol–water partition coefficient (Wildman–Crippen LogP) is 2.08. The molecule has 0 spiro atoms. The lowest BCUT2D eigenvalue weighted by Gasteiger charge is -2.12. The number of amidine groups is 1. The fourth-order valence-electron chi connectivity index (χ4n) is 1.58. The molecule has 1 aromatic heterocycles. The molecule has 0 radical (unpaired) electrons. The molecule has 0 aromatic carbocycles. The van der Waals surface area contributed by atoms with E-state index >= 15 is 0 Å². The van der Waals surface area contributed by atoms with Gasteiger partial charge in [-0.1, -0.05) is 6.92 Å². The van der Waals surface area contributed by atoms with Crippen LogP contribution in [0.4, 0.5) is 0 Å². The van der Waals surface area contributed by atoms with Crippen LogP contribution in [-0.4, -0.2) is 42.8 Å². The molecule has 104 valence electrons. The Morgan fingerprint density at radius 3 is 2.58 bits per heavy atom. The first kappa shape index (κ1) is 15.1. The van der Waals surface area contributed by atoms with Crippen LogP contribution in [-0.2, 0) is 6.42 Å². The average molecular weight is 263 g/mol. The highest BCUT2D eigenvalue weighted by Crippen LogP contribution is 2.20. The third-order valence-corrected chi connectivity index (χ3v) is 2.97. The Bertz CT molecular complexity index is 508. The maximum atomic E-state index is 12.2. The molecule has 1 amide bonds. The Hall–Kier alpha value is -1.91. The van der Waals surface area contributed by atoms with Crippen molar-refractivity contribution in [2.75, 3.05) is 21.2 Å². The number of ether oxygens (including phenoxy) is 1. The number of amides is 1. The highest BCUT2D eigenvalue weighted by atomic mass is 16.5. The molecular weight excluding hydrogens is 242 g/mol. The molecule has 0 fully saturated rings. The van der Waals surface area contributed by atoms with Crippen molar-refractivity contribution in [1.82, 2.24) is 9.88 Å². The third-order valence-electron chi connectivity index (χ3n) is 2.97. The van der Waals surface area contributed by atoms with Gasteiger partial charge in [0.2, 0.25) is 5.88 Å². The molecule has 5 nitrogen and oxygen atoms in total. The maximum absolute atomic E-state index is 12.2. The quantitative estimate of drug-likeness (QED) is 0.619. The van der Waals surface area contributed by atoms with Gasteiger partial charge in [-0.25, -0.2) is 4.98 Å². The second-order valence-electron chi connectivity index (χ2n) is 4.50. The van der Waals surface area contributed by atoms with Crippen molar-refractivity contribution in [3.8, 4) is 5.88 Å². The number of hydrogen-bond acceptors (Lipinski definition) is 3. The molecule has 1 rings (SSSR count). The second-order valence-corrected chi connectivity index (χ2v) is 4.50. The number of aryl methyl sites for hydroxylation is 2. The molecule has 0 aliphatic heterocycles. The first-order valence-corrected chi connectivity index (χ1v) is 6.22. The van der Waals surface area contributed by atoms with Crippen LogP contribution < -0.4 is 4.74 Å². The van der Waals surface area contributed by atoms with E-state index in [1.54, 1.807) is 25.9 Å². The SMILES string of the molecule is CCc1cc(C(=O)/N=C(\C)N(C)C)c(C)nc1OC. The van der Waals surface area contributed by atoms with E-state index in [0.717, 1.165) is 12.0 Å². The van der Waals surface area contributed by atoms with Crippen LogP contribution in [0.3, 0.4) is 0 Å². The summed E-state index contributed by atoms with van der Waals surface area (Å²) in [4.78, 5) is 22.3. The van der Waals surface area contributed by atoms with Crippen LogP contribution in [0.1, 0.15) is 35.5 Å². The Balaban J connectivity index is 3.21. The Labute approximate surface area is 114 Å². The summed E-state index contributed by atoms with van der Waals surface area (Å²) >= 11 is 0. The standard InChI is InChI=1S/C14H21N3O2/c1-7-11-8-12(9(2)15-14(11)19-6)13(18)16-10(3)17(4)5/h8H,7H2,1-6H3/b16-10+. The predicted molar refractivity (Wildman–Crippen MR) is 76.0 cm³/mol. The molecule has 0 atom stereocenters. The van der Waals surface area contributed by atoms with Crippen LogP contribution in [0.15, 0.2) is 11.1 Å². The van der Waals surface area contributed by atoms with Crippen molar-refractivity contribution in [1.29, 1.82) is 0 Å². The third kappa shape index (κ3) is 3.53. The van der Waals surface area contributed by atoms with Gasteiger partial charge in [-0.3, -0.25) is 4.79 Å². The zero-order valence-electron chi connectivity index (χ0n) is 12.4. The van der Waals surface area contributed by atoms with E-state index in [9.17, 15) is 4.79 Å². The first-order valence-electron chi connectivity index (χ1n) is 6.22. The number of nitrogens with zero attached hydrogens (tertiary/aromatic N) is 3. The lowest BCUT2D eigenvalue weighted by molar-refractivity contribution is 0.100. The van der Waals surface area contributed by atoms with E-state index in [2.05, 4.69) is 9.98 Å². The van der Waals surface area contributed by atoms with Gasteiger partial charge in [0.25, 0.3) is 5.91 Å². The van der Waals surface area contributed by atoms with Gasteiger partial charge in [0.1, 0.15) is 5.84 Å². The van der Waals surface area contributed by atoms with Crippen molar-refractivity contribution in [3.63, 3.8) is 0 Å². The molecule has 1 aromatic rings. The summed E-state index contributed by atoms with van der Waals surface area (Å²) in [6.07, 6.45) is 0.757.